The van der Waals surface area contributed by atoms with Crippen molar-refractivity contribution in [2.75, 3.05) is 18.1 Å². The Hall–Kier alpha value is -1.11. The summed E-state index contributed by atoms with van der Waals surface area (Å²) >= 11 is 0. The third kappa shape index (κ3) is 6.47. The Morgan fingerprint density at radius 3 is 2.48 bits per heavy atom. The van der Waals surface area contributed by atoms with Gasteiger partial charge in [0.1, 0.15) is 9.84 Å². The molecule has 1 aromatic carbocycles. The van der Waals surface area contributed by atoms with Crippen LogP contribution >= 0.6 is 12.4 Å². The predicted octanol–water partition coefficient (Wildman–Crippen LogP) is 2.91. The van der Waals surface area contributed by atoms with Crippen LogP contribution in [0.25, 0.3) is 0 Å². The summed E-state index contributed by atoms with van der Waals surface area (Å²) in [6.07, 6.45) is 2.13. The second-order valence-electron chi connectivity index (χ2n) is 8.92. The summed E-state index contributed by atoms with van der Waals surface area (Å²) in [5.74, 6) is 0.712. The van der Waals surface area contributed by atoms with Gasteiger partial charge in [0.05, 0.1) is 11.5 Å². The van der Waals surface area contributed by atoms with E-state index in [-0.39, 0.29) is 41.3 Å². The van der Waals surface area contributed by atoms with Crippen molar-refractivity contribution in [1.29, 1.82) is 0 Å². The van der Waals surface area contributed by atoms with E-state index in [2.05, 4.69) is 37.5 Å². The number of rotatable bonds is 5. The van der Waals surface area contributed by atoms with Crippen molar-refractivity contribution in [3.63, 3.8) is 0 Å². The van der Waals surface area contributed by atoms with Gasteiger partial charge in [-0.1, -0.05) is 32.9 Å². The molecule has 0 radical (unpaired) electrons. The zero-order valence-corrected chi connectivity index (χ0v) is 18.0. The predicted molar refractivity (Wildman–Crippen MR) is 111 cm³/mol. The fourth-order valence-electron chi connectivity index (χ4n) is 3.44. The fourth-order valence-corrected chi connectivity index (χ4v) is 4.93. The van der Waals surface area contributed by atoms with Crippen molar-refractivity contribution < 1.29 is 13.2 Å². The molecule has 0 bridgehead atoms. The number of benzene rings is 1. The first kappa shape index (κ1) is 22.2. The van der Waals surface area contributed by atoms with Crippen molar-refractivity contribution >= 4 is 28.2 Å². The standard InChI is InChI=1S/C20H30N2O3S.ClH/c1-20(2,3)13-21-18-12-17(18)14-5-4-6-15(11-14)19(23)22-16-7-9-26(24,25)10-8-16;/h4-6,11,16-18,21H,7-10,12-13H2,1-3H3,(H,22,23);1H/t17-,18+;/m0./s1. The molecule has 27 heavy (non-hydrogen) atoms. The summed E-state index contributed by atoms with van der Waals surface area (Å²) in [5.41, 5.74) is 2.13. The van der Waals surface area contributed by atoms with Gasteiger partial charge in [-0.25, -0.2) is 8.42 Å². The molecular weight excluding hydrogens is 384 g/mol. The van der Waals surface area contributed by atoms with Crippen LogP contribution in [0.4, 0.5) is 0 Å². The SMILES string of the molecule is CC(C)(C)CN[C@@H]1C[C@H]1c1cccc(C(=O)NC2CCS(=O)(=O)CC2)c1.Cl. The molecule has 1 saturated carbocycles. The van der Waals surface area contributed by atoms with Crippen LogP contribution < -0.4 is 10.6 Å². The Labute approximate surface area is 169 Å². The van der Waals surface area contributed by atoms with Gasteiger partial charge < -0.3 is 10.6 Å². The van der Waals surface area contributed by atoms with Gasteiger partial charge in [0, 0.05) is 30.1 Å². The van der Waals surface area contributed by atoms with Gasteiger partial charge in [-0.3, -0.25) is 4.79 Å². The Balaban J connectivity index is 0.00000261. The van der Waals surface area contributed by atoms with Crippen LogP contribution in [0.3, 0.4) is 0 Å². The molecule has 1 aliphatic heterocycles. The summed E-state index contributed by atoms with van der Waals surface area (Å²) in [5, 5.41) is 6.61. The van der Waals surface area contributed by atoms with E-state index in [9.17, 15) is 13.2 Å². The molecule has 0 aromatic heterocycles. The van der Waals surface area contributed by atoms with E-state index in [1.807, 2.05) is 18.2 Å². The van der Waals surface area contributed by atoms with Crippen molar-refractivity contribution in [1.82, 2.24) is 10.6 Å². The van der Waals surface area contributed by atoms with E-state index in [4.69, 9.17) is 0 Å². The summed E-state index contributed by atoms with van der Waals surface area (Å²) < 4.78 is 23.0. The van der Waals surface area contributed by atoms with Crippen LogP contribution in [0.1, 0.15) is 61.9 Å². The van der Waals surface area contributed by atoms with Crippen LogP contribution in [0.15, 0.2) is 24.3 Å². The minimum absolute atomic E-state index is 0. The van der Waals surface area contributed by atoms with Gasteiger partial charge in [0.2, 0.25) is 0 Å². The molecule has 2 fully saturated rings. The highest BCUT2D eigenvalue weighted by molar-refractivity contribution is 7.91. The average Bonchev–Trinajstić information content (AvgIpc) is 3.34. The molecule has 2 N–H and O–H groups in total. The Morgan fingerprint density at radius 1 is 1.19 bits per heavy atom. The first-order valence-corrected chi connectivity index (χ1v) is 11.3. The number of hydrogen-bond donors (Lipinski definition) is 2. The molecule has 2 atom stereocenters. The molecule has 1 aromatic rings. The maximum Gasteiger partial charge on any atom is 0.251 e. The second-order valence-corrected chi connectivity index (χ2v) is 11.2. The lowest BCUT2D eigenvalue weighted by Crippen LogP contribution is -2.40. The topological polar surface area (TPSA) is 75.3 Å². The minimum Gasteiger partial charge on any atom is -0.349 e. The second kappa shape index (κ2) is 8.50. The highest BCUT2D eigenvalue weighted by Gasteiger charge is 2.38. The summed E-state index contributed by atoms with van der Waals surface area (Å²) in [7, 11) is -2.91. The number of carbonyl (C=O) groups is 1. The van der Waals surface area contributed by atoms with Crippen LogP contribution in [0, 0.1) is 5.41 Å². The summed E-state index contributed by atoms with van der Waals surface area (Å²) in [6.45, 7) is 7.65. The van der Waals surface area contributed by atoms with Gasteiger partial charge in [-0.15, -0.1) is 12.4 Å². The minimum atomic E-state index is -2.91. The van der Waals surface area contributed by atoms with E-state index in [0.717, 1.165) is 13.0 Å². The molecular formula is C20H31ClN2O3S. The molecule has 1 aliphatic carbocycles. The number of amides is 1. The first-order valence-electron chi connectivity index (χ1n) is 9.48. The lowest BCUT2D eigenvalue weighted by Gasteiger charge is -2.23. The summed E-state index contributed by atoms with van der Waals surface area (Å²) in [4.78, 5) is 12.5. The molecule has 5 nitrogen and oxygen atoms in total. The monoisotopic (exact) mass is 414 g/mol. The zero-order valence-electron chi connectivity index (χ0n) is 16.3. The van der Waals surface area contributed by atoms with E-state index >= 15 is 0 Å². The van der Waals surface area contributed by atoms with Gasteiger partial charge in [-0.2, -0.15) is 0 Å². The lowest BCUT2D eigenvalue weighted by atomic mass is 9.97. The van der Waals surface area contributed by atoms with Crippen LogP contribution in [-0.4, -0.2) is 44.5 Å². The molecule has 2 aliphatic rings. The Morgan fingerprint density at radius 2 is 1.85 bits per heavy atom. The number of hydrogen-bond acceptors (Lipinski definition) is 4. The van der Waals surface area contributed by atoms with Crippen LogP contribution in [-0.2, 0) is 9.84 Å². The lowest BCUT2D eigenvalue weighted by molar-refractivity contribution is 0.0934. The molecule has 3 rings (SSSR count). The number of halogens is 1. The fraction of sp³-hybridized carbons (Fsp3) is 0.650. The number of sulfone groups is 1. The van der Waals surface area contributed by atoms with Crippen molar-refractivity contribution in [3.05, 3.63) is 35.4 Å². The van der Waals surface area contributed by atoms with E-state index in [1.54, 1.807) is 0 Å². The van der Waals surface area contributed by atoms with Crippen LogP contribution in [0.2, 0.25) is 0 Å². The maximum absolute atomic E-state index is 12.5. The molecule has 1 saturated heterocycles. The third-order valence-corrected chi connectivity index (χ3v) is 6.87. The van der Waals surface area contributed by atoms with Gasteiger partial charge >= 0.3 is 0 Å². The zero-order chi connectivity index (χ0) is 18.9. The molecule has 152 valence electrons. The van der Waals surface area contributed by atoms with E-state index < -0.39 is 9.84 Å². The quantitative estimate of drug-likeness (QED) is 0.776. The van der Waals surface area contributed by atoms with Crippen LogP contribution in [0.5, 0.6) is 0 Å². The highest BCUT2D eigenvalue weighted by Crippen LogP contribution is 2.41. The first-order chi connectivity index (χ1) is 12.1. The van der Waals surface area contributed by atoms with Crippen molar-refractivity contribution in [2.45, 2.75) is 58.0 Å². The third-order valence-electron chi connectivity index (χ3n) is 5.15. The average molecular weight is 415 g/mol. The van der Waals surface area contributed by atoms with Gasteiger partial charge in [0.25, 0.3) is 5.91 Å². The molecule has 0 unspecified atom stereocenters. The summed E-state index contributed by atoms with van der Waals surface area (Å²) in [6, 6.07) is 8.30. The number of nitrogens with one attached hydrogen (secondary N) is 2. The Bertz CT molecular complexity index is 760. The van der Waals surface area contributed by atoms with Gasteiger partial charge in [-0.05, 0) is 42.4 Å². The van der Waals surface area contributed by atoms with Gasteiger partial charge in [0.15, 0.2) is 0 Å². The molecule has 1 heterocycles. The number of carbonyl (C=O) groups excluding carboxylic acids is 1. The molecule has 1 amide bonds. The maximum atomic E-state index is 12.5. The normalized spacial score (nSPS) is 24.7. The van der Waals surface area contributed by atoms with E-state index in [1.165, 1.54) is 5.56 Å². The molecule has 7 heteroatoms. The van der Waals surface area contributed by atoms with Crippen molar-refractivity contribution in [3.8, 4) is 0 Å². The van der Waals surface area contributed by atoms with Crippen molar-refractivity contribution in [2.24, 2.45) is 5.41 Å². The largest absolute Gasteiger partial charge is 0.349 e. The molecule has 0 spiro atoms. The Kier molecular flexibility index (Phi) is 6.98. The smallest absolute Gasteiger partial charge is 0.251 e. The highest BCUT2D eigenvalue weighted by atomic mass is 35.5. The van der Waals surface area contributed by atoms with E-state index in [0.29, 0.717) is 30.4 Å².